The van der Waals surface area contributed by atoms with E-state index in [0.717, 1.165) is 11.1 Å². The molecule has 0 bridgehead atoms. The maximum atomic E-state index is 12.6. The van der Waals surface area contributed by atoms with Gasteiger partial charge in [-0.25, -0.2) is 8.42 Å². The molecule has 0 aliphatic carbocycles. The zero-order valence-corrected chi connectivity index (χ0v) is 16.6. The number of rotatable bonds is 5. The number of hydrogen-bond acceptors (Lipinski definition) is 5. The standard InChI is InChI=1S/C18H21N3O4S2/c1-27(24,25)19-15-6-4-14(5-7-15)18(23)21-10-8-20(9-11-21)17(22)13-16-3-2-12-26-16/h2-7,12,19H,8-11,13H2,1H3. The summed E-state index contributed by atoms with van der Waals surface area (Å²) in [5, 5.41) is 1.95. The Labute approximate surface area is 162 Å². The minimum absolute atomic E-state index is 0.0840. The first-order valence-electron chi connectivity index (χ1n) is 8.49. The zero-order chi connectivity index (χ0) is 19.4. The largest absolute Gasteiger partial charge is 0.339 e. The Morgan fingerprint density at radius 3 is 2.22 bits per heavy atom. The first kappa shape index (κ1) is 19.4. The molecule has 3 rings (SSSR count). The monoisotopic (exact) mass is 407 g/mol. The van der Waals surface area contributed by atoms with Crippen LogP contribution in [0.1, 0.15) is 15.2 Å². The third-order valence-electron chi connectivity index (χ3n) is 4.26. The lowest BCUT2D eigenvalue weighted by molar-refractivity contribution is -0.131. The number of benzene rings is 1. The number of hydrogen-bond donors (Lipinski definition) is 1. The highest BCUT2D eigenvalue weighted by Gasteiger charge is 2.25. The van der Waals surface area contributed by atoms with Crippen LogP contribution in [-0.4, -0.2) is 62.5 Å². The van der Waals surface area contributed by atoms with Crippen LogP contribution in [0.2, 0.25) is 0 Å². The number of carbonyl (C=O) groups is 2. The van der Waals surface area contributed by atoms with E-state index < -0.39 is 10.0 Å². The topological polar surface area (TPSA) is 86.8 Å². The number of anilines is 1. The minimum Gasteiger partial charge on any atom is -0.339 e. The molecular formula is C18H21N3O4S2. The summed E-state index contributed by atoms with van der Waals surface area (Å²) >= 11 is 1.57. The van der Waals surface area contributed by atoms with E-state index in [1.807, 2.05) is 17.5 Å². The van der Waals surface area contributed by atoms with Crippen molar-refractivity contribution in [2.75, 3.05) is 37.2 Å². The number of carbonyl (C=O) groups excluding carboxylic acids is 2. The van der Waals surface area contributed by atoms with Gasteiger partial charge < -0.3 is 9.80 Å². The van der Waals surface area contributed by atoms with Crippen LogP contribution in [-0.2, 0) is 21.2 Å². The second-order valence-electron chi connectivity index (χ2n) is 6.38. The summed E-state index contributed by atoms with van der Waals surface area (Å²) in [6.07, 6.45) is 1.48. The lowest BCUT2D eigenvalue weighted by Gasteiger charge is -2.34. The van der Waals surface area contributed by atoms with Gasteiger partial charge in [0.25, 0.3) is 5.91 Å². The van der Waals surface area contributed by atoms with Crippen molar-refractivity contribution in [3.05, 3.63) is 52.2 Å². The van der Waals surface area contributed by atoms with Gasteiger partial charge in [-0.2, -0.15) is 0 Å². The van der Waals surface area contributed by atoms with E-state index in [1.54, 1.807) is 45.4 Å². The molecular weight excluding hydrogens is 386 g/mol. The number of nitrogens with one attached hydrogen (secondary N) is 1. The predicted octanol–water partition coefficient (Wildman–Crippen LogP) is 1.65. The third kappa shape index (κ3) is 5.30. The number of piperazine rings is 1. The molecule has 1 aromatic heterocycles. The molecule has 1 aliphatic rings. The van der Waals surface area contributed by atoms with Crippen molar-refractivity contribution >= 4 is 38.9 Å². The summed E-state index contributed by atoms with van der Waals surface area (Å²) in [6, 6.07) is 10.2. The fraction of sp³-hybridized carbons (Fsp3) is 0.333. The molecule has 1 fully saturated rings. The highest BCUT2D eigenvalue weighted by molar-refractivity contribution is 7.92. The average molecular weight is 408 g/mol. The van der Waals surface area contributed by atoms with Crippen molar-refractivity contribution < 1.29 is 18.0 Å². The molecule has 1 saturated heterocycles. The summed E-state index contributed by atoms with van der Waals surface area (Å²) in [5.41, 5.74) is 0.908. The van der Waals surface area contributed by atoms with Gasteiger partial charge in [0, 0.05) is 42.3 Å². The molecule has 1 aliphatic heterocycles. The van der Waals surface area contributed by atoms with Crippen LogP contribution in [0.4, 0.5) is 5.69 Å². The molecule has 2 heterocycles. The van der Waals surface area contributed by atoms with E-state index in [2.05, 4.69) is 4.72 Å². The van der Waals surface area contributed by atoms with Gasteiger partial charge in [-0.05, 0) is 35.7 Å². The Balaban J connectivity index is 1.54. The van der Waals surface area contributed by atoms with Gasteiger partial charge in [0.05, 0.1) is 12.7 Å². The zero-order valence-electron chi connectivity index (χ0n) is 14.9. The third-order valence-corrected chi connectivity index (χ3v) is 5.74. The molecule has 0 radical (unpaired) electrons. The van der Waals surface area contributed by atoms with E-state index in [9.17, 15) is 18.0 Å². The normalized spacial score (nSPS) is 14.9. The van der Waals surface area contributed by atoms with Crippen molar-refractivity contribution in [1.29, 1.82) is 0 Å². The molecule has 0 spiro atoms. The molecule has 7 nitrogen and oxygen atoms in total. The Hall–Kier alpha value is -2.39. The van der Waals surface area contributed by atoms with Crippen molar-refractivity contribution in [2.45, 2.75) is 6.42 Å². The molecule has 144 valence electrons. The van der Waals surface area contributed by atoms with Crippen LogP contribution in [0.25, 0.3) is 0 Å². The van der Waals surface area contributed by atoms with E-state index in [-0.39, 0.29) is 11.8 Å². The maximum Gasteiger partial charge on any atom is 0.253 e. The number of sulfonamides is 1. The second-order valence-corrected chi connectivity index (χ2v) is 9.16. The minimum atomic E-state index is -3.35. The van der Waals surface area contributed by atoms with Crippen molar-refractivity contribution in [3.63, 3.8) is 0 Å². The molecule has 2 amide bonds. The highest BCUT2D eigenvalue weighted by Crippen LogP contribution is 2.15. The van der Waals surface area contributed by atoms with Gasteiger partial charge in [0.15, 0.2) is 0 Å². The molecule has 1 N–H and O–H groups in total. The molecule has 9 heteroatoms. The van der Waals surface area contributed by atoms with Crippen LogP contribution < -0.4 is 4.72 Å². The van der Waals surface area contributed by atoms with E-state index in [1.165, 1.54) is 0 Å². The van der Waals surface area contributed by atoms with Crippen LogP contribution in [0.15, 0.2) is 41.8 Å². The fourth-order valence-corrected chi connectivity index (χ4v) is 4.17. The lowest BCUT2D eigenvalue weighted by atomic mass is 10.1. The Bertz CT molecular complexity index is 901. The Kier molecular flexibility index (Phi) is 5.81. The van der Waals surface area contributed by atoms with Crippen molar-refractivity contribution in [3.8, 4) is 0 Å². The number of nitrogens with zero attached hydrogens (tertiary/aromatic N) is 2. The fourth-order valence-electron chi connectivity index (χ4n) is 2.91. The van der Waals surface area contributed by atoms with Gasteiger partial charge in [-0.15, -0.1) is 11.3 Å². The highest BCUT2D eigenvalue weighted by atomic mass is 32.2. The smallest absolute Gasteiger partial charge is 0.253 e. The first-order chi connectivity index (χ1) is 12.8. The summed E-state index contributed by atoms with van der Waals surface area (Å²) in [7, 11) is -3.35. The molecule has 0 saturated carbocycles. The average Bonchev–Trinajstić information content (AvgIpc) is 3.13. The van der Waals surface area contributed by atoms with Crippen LogP contribution in [0, 0.1) is 0 Å². The van der Waals surface area contributed by atoms with E-state index in [4.69, 9.17) is 0 Å². The summed E-state index contributed by atoms with van der Waals surface area (Å²) < 4.78 is 24.8. The maximum absolute atomic E-state index is 12.6. The molecule has 1 aromatic carbocycles. The second kappa shape index (κ2) is 8.10. The SMILES string of the molecule is CS(=O)(=O)Nc1ccc(C(=O)N2CCN(C(=O)Cc3cccs3)CC2)cc1. The van der Waals surface area contributed by atoms with Crippen LogP contribution in [0.3, 0.4) is 0 Å². The van der Waals surface area contributed by atoms with Gasteiger partial charge in [-0.3, -0.25) is 14.3 Å². The number of thiophene rings is 1. The lowest BCUT2D eigenvalue weighted by Crippen LogP contribution is -2.50. The first-order valence-corrected chi connectivity index (χ1v) is 11.3. The number of amides is 2. The molecule has 0 atom stereocenters. The van der Waals surface area contributed by atoms with Crippen LogP contribution in [0.5, 0.6) is 0 Å². The molecule has 0 unspecified atom stereocenters. The summed E-state index contributed by atoms with van der Waals surface area (Å²) in [4.78, 5) is 29.5. The van der Waals surface area contributed by atoms with Gasteiger partial charge >= 0.3 is 0 Å². The van der Waals surface area contributed by atoms with Crippen molar-refractivity contribution in [1.82, 2.24) is 9.80 Å². The summed E-state index contributed by atoms with van der Waals surface area (Å²) in [6.45, 7) is 2.00. The van der Waals surface area contributed by atoms with Crippen molar-refractivity contribution in [2.24, 2.45) is 0 Å². The van der Waals surface area contributed by atoms with Gasteiger partial charge in [0.2, 0.25) is 15.9 Å². The quantitative estimate of drug-likeness (QED) is 0.816. The van der Waals surface area contributed by atoms with Crippen LogP contribution >= 0.6 is 11.3 Å². The van der Waals surface area contributed by atoms with Gasteiger partial charge in [-0.1, -0.05) is 6.07 Å². The summed E-state index contributed by atoms with van der Waals surface area (Å²) in [5.74, 6) is -0.0352. The predicted molar refractivity (Wildman–Crippen MR) is 105 cm³/mol. The van der Waals surface area contributed by atoms with Gasteiger partial charge in [0.1, 0.15) is 0 Å². The Morgan fingerprint density at radius 1 is 1.04 bits per heavy atom. The van der Waals surface area contributed by atoms with E-state index >= 15 is 0 Å². The molecule has 2 aromatic rings. The van der Waals surface area contributed by atoms with E-state index in [0.29, 0.717) is 43.9 Å². The Morgan fingerprint density at radius 2 is 1.67 bits per heavy atom. The molecule has 27 heavy (non-hydrogen) atoms.